The highest BCUT2D eigenvalue weighted by Gasteiger charge is 2.37. The first-order valence-electron chi connectivity index (χ1n) is 3.73. The largest absolute Gasteiger partial charge is 0.419 e. The molecule has 0 N–H and O–H groups in total. The molecule has 0 unspecified atom stereocenters. The summed E-state index contributed by atoms with van der Waals surface area (Å²) < 4.78 is 61.8. The van der Waals surface area contributed by atoms with E-state index in [4.69, 9.17) is 5.26 Å². The van der Waals surface area contributed by atoms with Crippen LogP contribution >= 0.6 is 22.6 Å². The van der Waals surface area contributed by atoms with E-state index < -0.39 is 29.3 Å². The van der Waals surface area contributed by atoms with Gasteiger partial charge in [-0.25, -0.2) is 13.8 Å². The fraction of sp³-hybridized carbons (Fsp3) is 0.250. The molecule has 2 nitrogen and oxygen atoms in total. The maximum absolute atomic E-state index is 12.5. The minimum absolute atomic E-state index is 0.308. The van der Waals surface area contributed by atoms with Gasteiger partial charge in [-0.05, 0) is 22.6 Å². The van der Waals surface area contributed by atoms with Crippen LogP contribution in [0.2, 0.25) is 0 Å². The summed E-state index contributed by atoms with van der Waals surface area (Å²) in [5.74, 6) is 0. The fourth-order valence-electron chi connectivity index (χ4n) is 1.04. The lowest BCUT2D eigenvalue weighted by atomic mass is 10.1. The zero-order valence-corrected chi connectivity index (χ0v) is 9.47. The summed E-state index contributed by atoms with van der Waals surface area (Å²) in [6.07, 6.45) is -7.66. The number of pyridine rings is 1. The topological polar surface area (TPSA) is 36.7 Å². The van der Waals surface area contributed by atoms with Gasteiger partial charge in [0.05, 0.1) is 16.7 Å². The molecule has 0 atom stereocenters. The second-order valence-electron chi connectivity index (χ2n) is 2.66. The van der Waals surface area contributed by atoms with Crippen LogP contribution in [0.4, 0.5) is 22.0 Å². The molecule has 0 saturated carbocycles. The molecule has 16 heavy (non-hydrogen) atoms. The van der Waals surface area contributed by atoms with Gasteiger partial charge < -0.3 is 0 Å². The van der Waals surface area contributed by atoms with Gasteiger partial charge in [0, 0.05) is 6.20 Å². The molecule has 0 aromatic carbocycles. The van der Waals surface area contributed by atoms with Gasteiger partial charge in [0.25, 0.3) is 6.43 Å². The first-order chi connectivity index (χ1) is 7.29. The Bertz CT molecular complexity index is 449. The molecule has 0 bridgehead atoms. The Balaban J connectivity index is 3.58. The van der Waals surface area contributed by atoms with Crippen molar-refractivity contribution in [2.45, 2.75) is 12.6 Å². The Morgan fingerprint density at radius 1 is 1.38 bits per heavy atom. The molecule has 0 spiro atoms. The Hall–Kier alpha value is -0.980. The average molecular weight is 348 g/mol. The fourth-order valence-corrected chi connectivity index (χ4v) is 1.68. The lowest BCUT2D eigenvalue weighted by Gasteiger charge is -2.12. The van der Waals surface area contributed by atoms with Crippen molar-refractivity contribution in [3.05, 3.63) is 26.6 Å². The van der Waals surface area contributed by atoms with Crippen molar-refractivity contribution in [1.82, 2.24) is 4.98 Å². The van der Waals surface area contributed by atoms with E-state index in [1.165, 1.54) is 22.6 Å². The highest BCUT2D eigenvalue weighted by molar-refractivity contribution is 14.1. The number of nitriles is 1. The molecule has 0 radical (unpaired) electrons. The van der Waals surface area contributed by atoms with Crippen LogP contribution in [0.15, 0.2) is 6.20 Å². The second kappa shape index (κ2) is 4.48. The molecule has 1 rings (SSSR count). The maximum Gasteiger partial charge on any atom is 0.419 e. The van der Waals surface area contributed by atoms with Gasteiger partial charge in [-0.15, -0.1) is 0 Å². The van der Waals surface area contributed by atoms with Crippen molar-refractivity contribution in [1.29, 1.82) is 5.26 Å². The molecule has 86 valence electrons. The molecule has 1 aromatic rings. The third-order valence-electron chi connectivity index (χ3n) is 1.70. The minimum atomic E-state index is -4.87. The predicted molar refractivity (Wildman–Crippen MR) is 51.6 cm³/mol. The number of aromatic nitrogens is 1. The molecule has 8 heteroatoms. The summed E-state index contributed by atoms with van der Waals surface area (Å²) in [7, 11) is 0. The third-order valence-corrected chi connectivity index (χ3v) is 2.56. The molecule has 0 saturated heterocycles. The molecular formula is C8H2F5IN2. The standard InChI is InChI=1S/C8H2F5IN2/c9-6(10)5-3(1-15)4(8(11,12)13)2-16-7(5)14/h2,6H. The number of halogens is 6. The number of hydrogen-bond donors (Lipinski definition) is 0. The quantitative estimate of drug-likeness (QED) is 0.443. The van der Waals surface area contributed by atoms with Crippen LogP contribution in [-0.4, -0.2) is 4.98 Å². The summed E-state index contributed by atoms with van der Waals surface area (Å²) >= 11 is 1.36. The third kappa shape index (κ3) is 2.40. The lowest BCUT2D eigenvalue weighted by Crippen LogP contribution is -2.12. The van der Waals surface area contributed by atoms with Crippen LogP contribution in [-0.2, 0) is 6.18 Å². The summed E-state index contributed by atoms with van der Waals surface area (Å²) in [6, 6.07) is 1.15. The molecule has 0 aliphatic rings. The number of hydrogen-bond acceptors (Lipinski definition) is 2. The van der Waals surface area contributed by atoms with E-state index in [9.17, 15) is 22.0 Å². The summed E-state index contributed by atoms with van der Waals surface area (Å²) in [5.41, 5.74) is -3.48. The van der Waals surface area contributed by atoms with Gasteiger partial charge in [0.1, 0.15) is 9.77 Å². The Labute approximate surface area is 100 Å². The smallest absolute Gasteiger partial charge is 0.249 e. The lowest BCUT2D eigenvalue weighted by molar-refractivity contribution is -0.138. The van der Waals surface area contributed by atoms with Gasteiger partial charge in [-0.1, -0.05) is 0 Å². The van der Waals surface area contributed by atoms with E-state index >= 15 is 0 Å². The van der Waals surface area contributed by atoms with Crippen LogP contribution in [0.25, 0.3) is 0 Å². The van der Waals surface area contributed by atoms with Crippen molar-refractivity contribution in [3.8, 4) is 6.07 Å². The van der Waals surface area contributed by atoms with Gasteiger partial charge in [0.2, 0.25) is 0 Å². The highest BCUT2D eigenvalue weighted by atomic mass is 127. The molecular weight excluding hydrogens is 346 g/mol. The first-order valence-corrected chi connectivity index (χ1v) is 4.80. The second-order valence-corrected chi connectivity index (χ2v) is 3.68. The van der Waals surface area contributed by atoms with E-state index in [1.807, 2.05) is 0 Å². The van der Waals surface area contributed by atoms with Gasteiger partial charge in [-0.3, -0.25) is 0 Å². The molecule has 0 aliphatic heterocycles. The minimum Gasteiger partial charge on any atom is -0.249 e. The van der Waals surface area contributed by atoms with E-state index in [-0.39, 0.29) is 3.70 Å². The SMILES string of the molecule is N#Cc1c(C(F)(F)F)cnc(I)c1C(F)F. The van der Waals surface area contributed by atoms with Gasteiger partial charge in [0.15, 0.2) is 0 Å². The van der Waals surface area contributed by atoms with Crippen LogP contribution in [0, 0.1) is 15.0 Å². The number of rotatable bonds is 1. The van der Waals surface area contributed by atoms with Gasteiger partial charge >= 0.3 is 6.18 Å². The summed E-state index contributed by atoms with van der Waals surface area (Å²) in [5, 5.41) is 8.52. The monoisotopic (exact) mass is 348 g/mol. The first kappa shape index (κ1) is 13.1. The van der Waals surface area contributed by atoms with E-state index in [2.05, 4.69) is 4.98 Å². The van der Waals surface area contributed by atoms with Crippen molar-refractivity contribution >= 4 is 22.6 Å². The van der Waals surface area contributed by atoms with Crippen molar-refractivity contribution in [2.75, 3.05) is 0 Å². The van der Waals surface area contributed by atoms with Crippen molar-refractivity contribution < 1.29 is 22.0 Å². The molecule has 0 amide bonds. The van der Waals surface area contributed by atoms with E-state index in [0.29, 0.717) is 6.20 Å². The van der Waals surface area contributed by atoms with E-state index in [0.717, 1.165) is 6.07 Å². The maximum atomic E-state index is 12.5. The van der Waals surface area contributed by atoms with Gasteiger partial charge in [-0.2, -0.15) is 18.4 Å². The normalized spacial score (nSPS) is 11.6. The molecule has 1 heterocycles. The Kier molecular flexibility index (Phi) is 3.67. The zero-order valence-electron chi connectivity index (χ0n) is 7.32. The highest BCUT2D eigenvalue weighted by Crippen LogP contribution is 2.36. The molecule has 1 aromatic heterocycles. The van der Waals surface area contributed by atoms with Crippen LogP contribution in [0.3, 0.4) is 0 Å². The molecule has 0 aliphatic carbocycles. The van der Waals surface area contributed by atoms with Crippen LogP contribution in [0.1, 0.15) is 23.1 Å². The van der Waals surface area contributed by atoms with Crippen LogP contribution in [0.5, 0.6) is 0 Å². The van der Waals surface area contributed by atoms with Crippen LogP contribution < -0.4 is 0 Å². The Morgan fingerprint density at radius 3 is 2.31 bits per heavy atom. The average Bonchev–Trinajstić information content (AvgIpc) is 2.14. The number of alkyl halides is 5. The molecule has 0 fully saturated rings. The van der Waals surface area contributed by atoms with E-state index in [1.54, 1.807) is 0 Å². The zero-order chi connectivity index (χ0) is 12.5. The summed E-state index contributed by atoms with van der Waals surface area (Å²) in [6.45, 7) is 0. The number of nitrogens with zero attached hydrogens (tertiary/aromatic N) is 2. The van der Waals surface area contributed by atoms with Crippen molar-refractivity contribution in [2.24, 2.45) is 0 Å². The summed E-state index contributed by atoms with van der Waals surface area (Å²) in [4.78, 5) is 3.21. The van der Waals surface area contributed by atoms with Crippen molar-refractivity contribution in [3.63, 3.8) is 0 Å². The Morgan fingerprint density at radius 2 is 1.94 bits per heavy atom. The predicted octanol–water partition coefficient (Wildman–Crippen LogP) is 3.51.